The number of carbonyl (C=O) groups is 1. The van der Waals surface area contributed by atoms with Gasteiger partial charge in [0.05, 0.1) is 12.5 Å². The molecule has 0 aromatic heterocycles. The first-order chi connectivity index (χ1) is 8.47. The van der Waals surface area contributed by atoms with Crippen LogP contribution in [0, 0.1) is 12.3 Å². The van der Waals surface area contributed by atoms with Crippen molar-refractivity contribution in [3.63, 3.8) is 0 Å². The van der Waals surface area contributed by atoms with Gasteiger partial charge in [0.15, 0.2) is 0 Å². The highest BCUT2D eigenvalue weighted by Gasteiger charge is 2.51. The number of benzene rings is 1. The molecule has 1 aromatic carbocycles. The summed E-state index contributed by atoms with van der Waals surface area (Å²) in [6, 6.07) is 6.12. The van der Waals surface area contributed by atoms with Crippen molar-refractivity contribution in [2.24, 2.45) is 5.41 Å². The number of aryl methyl sites for hydroxylation is 1. The van der Waals surface area contributed by atoms with Gasteiger partial charge in [-0.05, 0) is 31.2 Å². The predicted molar refractivity (Wildman–Crippen MR) is 73.1 cm³/mol. The molecule has 2 heteroatoms. The molecule has 1 unspecified atom stereocenters. The summed E-state index contributed by atoms with van der Waals surface area (Å²) in [5.41, 5.74) is 1.83. The largest absolute Gasteiger partial charge is 0.496 e. The van der Waals surface area contributed by atoms with E-state index < -0.39 is 5.41 Å². The SMILES string of the molecule is COc1ccc(C)cc1C1(C=O)CCCC1(C)C. The first-order valence-electron chi connectivity index (χ1n) is 6.58. The van der Waals surface area contributed by atoms with Crippen LogP contribution in [0.3, 0.4) is 0 Å². The summed E-state index contributed by atoms with van der Waals surface area (Å²) < 4.78 is 5.47. The smallest absolute Gasteiger partial charge is 0.131 e. The van der Waals surface area contributed by atoms with Crippen LogP contribution < -0.4 is 4.74 Å². The molecule has 0 N–H and O–H groups in total. The first kappa shape index (κ1) is 13.1. The topological polar surface area (TPSA) is 26.3 Å². The molecule has 1 aliphatic rings. The normalized spacial score (nSPS) is 26.0. The van der Waals surface area contributed by atoms with E-state index in [2.05, 4.69) is 26.8 Å². The van der Waals surface area contributed by atoms with Crippen molar-refractivity contribution >= 4 is 6.29 Å². The van der Waals surface area contributed by atoms with Crippen LogP contribution in [-0.4, -0.2) is 13.4 Å². The third-order valence-electron chi connectivity index (χ3n) is 4.62. The maximum Gasteiger partial charge on any atom is 0.131 e. The lowest BCUT2D eigenvalue weighted by atomic mass is 9.64. The molecule has 1 aromatic rings. The summed E-state index contributed by atoms with van der Waals surface area (Å²) in [4.78, 5) is 11.9. The zero-order valence-corrected chi connectivity index (χ0v) is 11.7. The van der Waals surface area contributed by atoms with E-state index in [-0.39, 0.29) is 5.41 Å². The molecule has 1 aliphatic carbocycles. The van der Waals surface area contributed by atoms with E-state index in [1.807, 2.05) is 12.1 Å². The van der Waals surface area contributed by atoms with E-state index in [1.165, 1.54) is 5.56 Å². The highest BCUT2D eigenvalue weighted by Crippen LogP contribution is 2.54. The Labute approximate surface area is 109 Å². The molecule has 1 fully saturated rings. The van der Waals surface area contributed by atoms with Crippen molar-refractivity contribution in [1.82, 2.24) is 0 Å². The van der Waals surface area contributed by atoms with Gasteiger partial charge in [-0.25, -0.2) is 0 Å². The molecule has 0 heterocycles. The summed E-state index contributed by atoms with van der Waals surface area (Å²) >= 11 is 0. The van der Waals surface area contributed by atoms with Crippen LogP contribution in [0.25, 0.3) is 0 Å². The Hall–Kier alpha value is -1.31. The average Bonchev–Trinajstić information content (AvgIpc) is 2.65. The maximum atomic E-state index is 11.9. The number of rotatable bonds is 3. The molecule has 0 aliphatic heterocycles. The molecule has 0 saturated heterocycles. The monoisotopic (exact) mass is 246 g/mol. The lowest BCUT2D eigenvalue weighted by Gasteiger charge is -2.38. The number of methoxy groups -OCH3 is 1. The minimum Gasteiger partial charge on any atom is -0.496 e. The van der Waals surface area contributed by atoms with Crippen molar-refractivity contribution in [2.75, 3.05) is 7.11 Å². The predicted octanol–water partition coefficient (Wildman–Crippen LogP) is 3.65. The molecule has 0 radical (unpaired) electrons. The van der Waals surface area contributed by atoms with Gasteiger partial charge in [-0.2, -0.15) is 0 Å². The van der Waals surface area contributed by atoms with E-state index >= 15 is 0 Å². The fraction of sp³-hybridized carbons (Fsp3) is 0.562. The number of hydrogen-bond donors (Lipinski definition) is 0. The molecule has 98 valence electrons. The second kappa shape index (κ2) is 4.42. The van der Waals surface area contributed by atoms with Crippen molar-refractivity contribution < 1.29 is 9.53 Å². The summed E-state index contributed by atoms with van der Waals surface area (Å²) in [7, 11) is 1.68. The third-order valence-corrected chi connectivity index (χ3v) is 4.62. The fourth-order valence-electron chi connectivity index (χ4n) is 3.32. The molecule has 1 saturated carbocycles. The fourth-order valence-corrected chi connectivity index (χ4v) is 3.32. The lowest BCUT2D eigenvalue weighted by molar-refractivity contribution is -0.115. The van der Waals surface area contributed by atoms with Crippen molar-refractivity contribution in [2.45, 2.75) is 45.4 Å². The zero-order chi connectivity index (χ0) is 13.4. The van der Waals surface area contributed by atoms with Gasteiger partial charge in [-0.1, -0.05) is 38.0 Å². The van der Waals surface area contributed by atoms with Crippen LogP contribution in [0.5, 0.6) is 5.75 Å². The third kappa shape index (κ3) is 1.75. The van der Waals surface area contributed by atoms with Crippen molar-refractivity contribution in [1.29, 1.82) is 0 Å². The second-order valence-corrected chi connectivity index (χ2v) is 6.03. The standard InChI is InChI=1S/C16H22O2/c1-12-6-7-14(18-4)13(10-12)16(11-17)9-5-8-15(16,2)3/h6-7,10-11H,5,8-9H2,1-4H3. The molecule has 2 nitrogen and oxygen atoms in total. The van der Waals surface area contributed by atoms with Gasteiger partial charge in [-0.3, -0.25) is 0 Å². The average molecular weight is 246 g/mol. The number of aldehydes is 1. The number of hydrogen-bond acceptors (Lipinski definition) is 2. The summed E-state index contributed by atoms with van der Waals surface area (Å²) in [6.45, 7) is 6.44. The molecule has 18 heavy (non-hydrogen) atoms. The Kier molecular flexibility index (Phi) is 3.22. The van der Waals surface area contributed by atoms with E-state index in [4.69, 9.17) is 4.74 Å². The molecular formula is C16H22O2. The quantitative estimate of drug-likeness (QED) is 0.761. The Morgan fingerprint density at radius 1 is 1.28 bits per heavy atom. The number of ether oxygens (including phenoxy) is 1. The Bertz CT molecular complexity index is 462. The lowest BCUT2D eigenvalue weighted by Crippen LogP contribution is -2.39. The summed E-state index contributed by atoms with van der Waals surface area (Å²) in [6.07, 6.45) is 4.26. The molecule has 1 atom stereocenters. The Balaban J connectivity index is 2.64. The molecule has 0 spiro atoms. The zero-order valence-electron chi connectivity index (χ0n) is 11.7. The Morgan fingerprint density at radius 2 is 2.00 bits per heavy atom. The molecule has 0 bridgehead atoms. The van der Waals surface area contributed by atoms with E-state index in [1.54, 1.807) is 7.11 Å². The van der Waals surface area contributed by atoms with E-state index in [9.17, 15) is 4.79 Å². The summed E-state index contributed by atoms with van der Waals surface area (Å²) in [5.74, 6) is 0.836. The van der Waals surface area contributed by atoms with Gasteiger partial charge >= 0.3 is 0 Å². The van der Waals surface area contributed by atoms with Crippen LogP contribution in [0.4, 0.5) is 0 Å². The van der Waals surface area contributed by atoms with Gasteiger partial charge in [0.2, 0.25) is 0 Å². The first-order valence-corrected chi connectivity index (χ1v) is 6.58. The Morgan fingerprint density at radius 3 is 2.50 bits per heavy atom. The second-order valence-electron chi connectivity index (χ2n) is 6.03. The van der Waals surface area contributed by atoms with Gasteiger partial charge < -0.3 is 9.53 Å². The highest BCUT2D eigenvalue weighted by molar-refractivity contribution is 5.73. The van der Waals surface area contributed by atoms with Gasteiger partial charge in [-0.15, -0.1) is 0 Å². The molecular weight excluding hydrogens is 224 g/mol. The van der Waals surface area contributed by atoms with Gasteiger partial charge in [0.1, 0.15) is 12.0 Å². The molecule has 2 rings (SSSR count). The minimum atomic E-state index is -0.398. The van der Waals surface area contributed by atoms with Gasteiger partial charge in [0.25, 0.3) is 0 Å². The van der Waals surface area contributed by atoms with E-state index in [0.29, 0.717) is 0 Å². The minimum absolute atomic E-state index is 0.00414. The van der Waals surface area contributed by atoms with Gasteiger partial charge in [0, 0.05) is 5.56 Å². The van der Waals surface area contributed by atoms with Crippen LogP contribution in [0.15, 0.2) is 18.2 Å². The number of carbonyl (C=O) groups excluding carboxylic acids is 1. The maximum absolute atomic E-state index is 11.9. The highest BCUT2D eigenvalue weighted by atomic mass is 16.5. The van der Waals surface area contributed by atoms with Crippen LogP contribution >= 0.6 is 0 Å². The van der Waals surface area contributed by atoms with Crippen molar-refractivity contribution in [3.8, 4) is 5.75 Å². The van der Waals surface area contributed by atoms with Crippen LogP contribution in [0.1, 0.15) is 44.2 Å². The van der Waals surface area contributed by atoms with E-state index in [0.717, 1.165) is 36.9 Å². The van der Waals surface area contributed by atoms with Crippen LogP contribution in [0.2, 0.25) is 0 Å². The summed E-state index contributed by atoms with van der Waals surface area (Å²) in [5, 5.41) is 0. The van der Waals surface area contributed by atoms with Crippen LogP contribution in [-0.2, 0) is 10.2 Å². The van der Waals surface area contributed by atoms with Crippen molar-refractivity contribution in [3.05, 3.63) is 29.3 Å². The molecule has 0 amide bonds.